The Balaban J connectivity index is 1.62. The number of nitrogens with one attached hydrogen (secondary N) is 2. The highest BCUT2D eigenvalue weighted by molar-refractivity contribution is 7.22. The first-order valence-corrected chi connectivity index (χ1v) is 11.1. The van der Waals surface area contributed by atoms with Crippen LogP contribution in [0.25, 0.3) is 21.0 Å². The Morgan fingerprint density at radius 2 is 1.50 bits per heavy atom. The molecule has 0 spiro atoms. The second-order valence-electron chi connectivity index (χ2n) is 7.85. The summed E-state index contributed by atoms with van der Waals surface area (Å²) in [5.74, 6) is 1.74. The van der Waals surface area contributed by atoms with Crippen LogP contribution in [0.2, 0.25) is 0 Å². The van der Waals surface area contributed by atoms with Crippen molar-refractivity contribution in [1.82, 2.24) is 15.0 Å². The number of benzene rings is 1. The number of pyridine rings is 3. The lowest BCUT2D eigenvalue weighted by molar-refractivity contribution is 0.103. The zero-order valence-electron chi connectivity index (χ0n) is 17.9. The van der Waals surface area contributed by atoms with Gasteiger partial charge in [0.05, 0.1) is 10.4 Å². The van der Waals surface area contributed by atoms with Gasteiger partial charge in [-0.05, 0) is 74.4 Å². The molecular weight excluding hydrogens is 418 g/mol. The summed E-state index contributed by atoms with van der Waals surface area (Å²) in [7, 11) is 0. The van der Waals surface area contributed by atoms with Crippen molar-refractivity contribution >= 4 is 55.7 Å². The van der Waals surface area contributed by atoms with E-state index < -0.39 is 0 Å². The maximum atomic E-state index is 13.0. The summed E-state index contributed by atoms with van der Waals surface area (Å²) in [6.45, 7) is 6.04. The third-order valence-corrected chi connectivity index (χ3v) is 6.33. The van der Waals surface area contributed by atoms with E-state index in [1.54, 1.807) is 12.4 Å². The first-order valence-electron chi connectivity index (χ1n) is 10.2. The van der Waals surface area contributed by atoms with Crippen molar-refractivity contribution in [3.63, 3.8) is 0 Å². The molecule has 1 aromatic carbocycles. The van der Waals surface area contributed by atoms with E-state index in [-0.39, 0.29) is 5.91 Å². The first-order chi connectivity index (χ1) is 15.5. The molecule has 0 unspecified atom stereocenters. The molecule has 1 amide bonds. The SMILES string of the molecule is Cc1ccnc(NC(=O)c2cc3c(Nc4cc(C)ccn4)nc4ccc(C)cc4c3s2)c1. The van der Waals surface area contributed by atoms with Crippen molar-refractivity contribution in [3.8, 4) is 0 Å². The van der Waals surface area contributed by atoms with Gasteiger partial charge in [-0.3, -0.25) is 4.79 Å². The van der Waals surface area contributed by atoms with Crippen LogP contribution in [-0.2, 0) is 0 Å². The van der Waals surface area contributed by atoms with Crippen molar-refractivity contribution in [1.29, 1.82) is 0 Å². The molecule has 4 aromatic heterocycles. The summed E-state index contributed by atoms with van der Waals surface area (Å²) in [5.41, 5.74) is 4.15. The van der Waals surface area contributed by atoms with Crippen LogP contribution in [0.15, 0.2) is 60.9 Å². The molecule has 4 heterocycles. The predicted octanol–water partition coefficient (Wildman–Crippen LogP) is 6.16. The molecule has 5 rings (SSSR count). The average Bonchev–Trinajstić information content (AvgIpc) is 3.21. The molecule has 5 aromatic rings. The van der Waals surface area contributed by atoms with Crippen LogP contribution in [-0.4, -0.2) is 20.9 Å². The standard InChI is InChI=1S/C25H21N5OS/c1-14-4-5-19-17(10-14)23-18(24(28-19)29-21-11-15(2)6-8-26-21)13-20(32-23)25(31)30-22-12-16(3)7-9-27-22/h4-13H,1-3H3,(H,26,28,29)(H,27,30,31). The second kappa shape index (κ2) is 8.01. The van der Waals surface area contributed by atoms with Crippen molar-refractivity contribution in [2.45, 2.75) is 20.8 Å². The van der Waals surface area contributed by atoms with E-state index in [2.05, 4.69) is 33.6 Å². The van der Waals surface area contributed by atoms with Gasteiger partial charge in [0.1, 0.15) is 17.5 Å². The van der Waals surface area contributed by atoms with Gasteiger partial charge in [0.2, 0.25) is 0 Å². The summed E-state index contributed by atoms with van der Waals surface area (Å²) in [5, 5.41) is 8.16. The topological polar surface area (TPSA) is 79.8 Å². The zero-order chi connectivity index (χ0) is 22.2. The smallest absolute Gasteiger partial charge is 0.266 e. The summed E-state index contributed by atoms with van der Waals surface area (Å²) in [4.78, 5) is 27.1. The lowest BCUT2D eigenvalue weighted by Crippen LogP contribution is -2.11. The summed E-state index contributed by atoms with van der Waals surface area (Å²) >= 11 is 1.45. The molecule has 0 saturated carbocycles. The lowest BCUT2D eigenvalue weighted by atomic mass is 10.1. The van der Waals surface area contributed by atoms with E-state index in [1.165, 1.54) is 11.3 Å². The molecule has 6 nitrogen and oxygen atoms in total. The number of anilines is 3. The monoisotopic (exact) mass is 439 g/mol. The van der Waals surface area contributed by atoms with Gasteiger partial charge in [-0.2, -0.15) is 0 Å². The van der Waals surface area contributed by atoms with Crippen molar-refractivity contribution < 1.29 is 4.79 Å². The van der Waals surface area contributed by atoms with Gasteiger partial charge in [-0.25, -0.2) is 15.0 Å². The van der Waals surface area contributed by atoms with Crippen LogP contribution in [0.1, 0.15) is 26.4 Å². The maximum absolute atomic E-state index is 13.0. The molecule has 0 aliphatic rings. The number of aryl methyl sites for hydroxylation is 3. The number of amides is 1. The highest BCUT2D eigenvalue weighted by atomic mass is 32.1. The number of rotatable bonds is 4. The molecule has 0 saturated heterocycles. The van der Waals surface area contributed by atoms with Crippen LogP contribution < -0.4 is 10.6 Å². The minimum atomic E-state index is -0.190. The van der Waals surface area contributed by atoms with Crippen LogP contribution in [0, 0.1) is 20.8 Å². The third kappa shape index (κ3) is 3.90. The lowest BCUT2D eigenvalue weighted by Gasteiger charge is -2.09. The Labute approximate surface area is 189 Å². The zero-order valence-corrected chi connectivity index (χ0v) is 18.7. The molecule has 0 aliphatic carbocycles. The van der Waals surface area contributed by atoms with Gasteiger partial charge in [-0.15, -0.1) is 11.3 Å². The van der Waals surface area contributed by atoms with Gasteiger partial charge in [0.25, 0.3) is 5.91 Å². The number of hydrogen-bond donors (Lipinski definition) is 2. The van der Waals surface area contributed by atoms with E-state index in [0.29, 0.717) is 22.3 Å². The summed E-state index contributed by atoms with van der Waals surface area (Å²) in [6, 6.07) is 15.7. The second-order valence-corrected chi connectivity index (χ2v) is 8.90. The van der Waals surface area contributed by atoms with Gasteiger partial charge in [0, 0.05) is 27.9 Å². The Morgan fingerprint density at radius 1 is 0.812 bits per heavy atom. The number of thiophene rings is 1. The average molecular weight is 440 g/mol. The molecule has 158 valence electrons. The molecule has 0 radical (unpaired) electrons. The van der Waals surface area contributed by atoms with Gasteiger partial charge in [-0.1, -0.05) is 11.6 Å². The Morgan fingerprint density at radius 3 is 2.25 bits per heavy atom. The molecule has 0 fully saturated rings. The normalized spacial score (nSPS) is 11.1. The number of nitrogens with zero attached hydrogens (tertiary/aromatic N) is 3. The maximum Gasteiger partial charge on any atom is 0.266 e. The highest BCUT2D eigenvalue weighted by Gasteiger charge is 2.17. The number of fused-ring (bicyclic) bond motifs is 3. The molecular formula is C25H21N5OS. The Bertz CT molecular complexity index is 1490. The predicted molar refractivity (Wildman–Crippen MR) is 131 cm³/mol. The summed E-state index contributed by atoms with van der Waals surface area (Å²) in [6.07, 6.45) is 3.45. The quantitative estimate of drug-likeness (QED) is 0.350. The van der Waals surface area contributed by atoms with E-state index in [9.17, 15) is 4.79 Å². The molecule has 0 bridgehead atoms. The first kappa shape index (κ1) is 20.1. The fraction of sp³-hybridized carbons (Fsp3) is 0.120. The van der Waals surface area contributed by atoms with Gasteiger partial charge < -0.3 is 10.6 Å². The largest absolute Gasteiger partial charge is 0.324 e. The van der Waals surface area contributed by atoms with Crippen LogP contribution in [0.4, 0.5) is 17.5 Å². The minimum Gasteiger partial charge on any atom is -0.324 e. The van der Waals surface area contributed by atoms with Crippen LogP contribution in [0.3, 0.4) is 0 Å². The number of carbonyl (C=O) groups is 1. The van der Waals surface area contributed by atoms with Gasteiger partial charge in [0.15, 0.2) is 0 Å². The third-order valence-electron chi connectivity index (χ3n) is 5.16. The van der Waals surface area contributed by atoms with Crippen LogP contribution in [0.5, 0.6) is 0 Å². The van der Waals surface area contributed by atoms with E-state index >= 15 is 0 Å². The molecule has 0 aliphatic heterocycles. The van der Waals surface area contributed by atoms with Crippen molar-refractivity contribution in [2.24, 2.45) is 0 Å². The van der Waals surface area contributed by atoms with Crippen molar-refractivity contribution in [2.75, 3.05) is 10.6 Å². The van der Waals surface area contributed by atoms with E-state index in [1.807, 2.05) is 56.3 Å². The fourth-order valence-electron chi connectivity index (χ4n) is 3.59. The van der Waals surface area contributed by atoms with Gasteiger partial charge >= 0.3 is 0 Å². The van der Waals surface area contributed by atoms with Crippen LogP contribution >= 0.6 is 11.3 Å². The van der Waals surface area contributed by atoms with E-state index in [0.717, 1.165) is 37.7 Å². The molecule has 32 heavy (non-hydrogen) atoms. The van der Waals surface area contributed by atoms with E-state index in [4.69, 9.17) is 4.98 Å². The molecule has 2 N–H and O–H groups in total. The number of carbonyl (C=O) groups excluding carboxylic acids is 1. The fourth-order valence-corrected chi connectivity index (χ4v) is 4.67. The molecule has 0 atom stereocenters. The number of aromatic nitrogens is 3. The minimum absolute atomic E-state index is 0.190. The highest BCUT2D eigenvalue weighted by Crippen LogP contribution is 2.37. The molecule has 7 heteroatoms. The summed E-state index contributed by atoms with van der Waals surface area (Å²) < 4.78 is 1.01. The van der Waals surface area contributed by atoms with Crippen molar-refractivity contribution in [3.05, 3.63) is 82.5 Å². The number of hydrogen-bond acceptors (Lipinski definition) is 6. The Kier molecular flexibility index (Phi) is 5.03. The Hall–Kier alpha value is -3.84.